The van der Waals surface area contributed by atoms with Gasteiger partial charge in [-0.1, -0.05) is 0 Å². The first kappa shape index (κ1) is 11.5. The molecule has 1 aromatic rings. The van der Waals surface area contributed by atoms with E-state index in [1.165, 1.54) is 18.3 Å². The van der Waals surface area contributed by atoms with E-state index in [4.69, 9.17) is 10.7 Å². The lowest BCUT2D eigenvalue weighted by Gasteiger charge is -2.04. The summed E-state index contributed by atoms with van der Waals surface area (Å²) < 4.78 is 44.6. The summed E-state index contributed by atoms with van der Waals surface area (Å²) in [6, 6.07) is 2.83. The number of hydrogen-bond acceptors (Lipinski definition) is 4. The van der Waals surface area contributed by atoms with Crippen molar-refractivity contribution < 1.29 is 16.8 Å². The fourth-order valence-corrected chi connectivity index (χ4v) is 2.86. The lowest BCUT2D eigenvalue weighted by Crippen LogP contribution is -2.13. The van der Waals surface area contributed by atoms with Crippen LogP contribution in [0.25, 0.3) is 0 Å². The molecule has 5 nitrogen and oxygen atoms in total. The third kappa shape index (κ3) is 3.00. The van der Waals surface area contributed by atoms with Crippen LogP contribution in [-0.4, -0.2) is 27.1 Å². The normalized spacial score (nSPS) is 13.0. The molecule has 0 saturated heterocycles. The van der Waals surface area contributed by atoms with Gasteiger partial charge in [0.25, 0.3) is 0 Å². The quantitative estimate of drug-likeness (QED) is 0.733. The van der Waals surface area contributed by atoms with Crippen LogP contribution in [-0.2, 0) is 24.8 Å². The van der Waals surface area contributed by atoms with E-state index in [0.29, 0.717) is 0 Å². The molecule has 0 bridgehead atoms. The van der Waals surface area contributed by atoms with Gasteiger partial charge in [0.15, 0.2) is 0 Å². The molecule has 0 saturated carbocycles. The van der Waals surface area contributed by atoms with Crippen LogP contribution in [0, 0.1) is 0 Å². The van der Waals surface area contributed by atoms with E-state index < -0.39 is 24.8 Å². The summed E-state index contributed by atoms with van der Waals surface area (Å²) in [7, 11) is -2.20. The third-order valence-corrected chi connectivity index (χ3v) is 3.51. The molecule has 0 aromatic carbocycles. The molecule has 1 rings (SSSR count). The van der Waals surface area contributed by atoms with Gasteiger partial charge in [-0.15, -0.1) is 0 Å². The van der Waals surface area contributed by atoms with Crippen LogP contribution < -0.4 is 0 Å². The molecule has 0 radical (unpaired) electrons. The van der Waals surface area contributed by atoms with Gasteiger partial charge < -0.3 is 0 Å². The Morgan fingerprint density at radius 2 is 1.93 bits per heavy atom. The molecule has 0 aliphatic rings. The molecule has 0 spiro atoms. The largest absolute Gasteiger partial charge is 0.249 e. The van der Waals surface area contributed by atoms with Gasteiger partial charge in [0.2, 0.25) is 19.1 Å². The van der Waals surface area contributed by atoms with Crippen LogP contribution in [0.15, 0.2) is 18.3 Å². The van der Waals surface area contributed by atoms with Crippen molar-refractivity contribution in [3.8, 4) is 0 Å². The van der Waals surface area contributed by atoms with E-state index in [1.807, 2.05) is 0 Å². The zero-order chi connectivity index (χ0) is 11.0. The third-order valence-electron chi connectivity index (χ3n) is 1.47. The van der Waals surface area contributed by atoms with Crippen LogP contribution in [0.1, 0.15) is 5.69 Å². The second-order valence-electron chi connectivity index (χ2n) is 2.74. The highest BCUT2D eigenvalue weighted by Crippen LogP contribution is 2.12. The molecule has 1 heterocycles. The average molecular weight is 258 g/mol. The lowest BCUT2D eigenvalue weighted by atomic mass is 10.5. The topological polar surface area (TPSA) is 73.2 Å². The van der Waals surface area contributed by atoms with E-state index in [1.54, 1.807) is 0 Å². The molecule has 0 unspecified atom stereocenters. The second kappa shape index (κ2) is 3.56. The lowest BCUT2D eigenvalue weighted by molar-refractivity contribution is 0.591. The predicted molar refractivity (Wildman–Crippen MR) is 53.2 cm³/mol. The summed E-state index contributed by atoms with van der Waals surface area (Å²) >= 11 is 0. The molecule has 1 aromatic heterocycles. The molecule has 80 valence electrons. The van der Waals surface area contributed by atoms with Crippen molar-refractivity contribution in [3.63, 3.8) is 0 Å². The van der Waals surface area contributed by atoms with Crippen molar-refractivity contribution in [2.24, 2.45) is 0 Å². The van der Waals surface area contributed by atoms with Crippen LogP contribution in [0.4, 0.5) is 0 Å². The average Bonchev–Trinajstić information content (AvgIpc) is 2.29. The number of hydrogen-bond donors (Lipinski definition) is 0. The summed E-state index contributed by atoms with van der Waals surface area (Å²) in [5, 5.41) is 0. The van der Waals surface area contributed by atoms with Crippen LogP contribution >= 0.6 is 10.7 Å². The van der Waals surface area contributed by atoms with Crippen LogP contribution in [0.5, 0.6) is 0 Å². The zero-order valence-electron chi connectivity index (χ0n) is 7.21. The van der Waals surface area contributed by atoms with E-state index in [-0.39, 0.29) is 5.69 Å². The molecule has 14 heavy (non-hydrogen) atoms. The Bertz CT molecular complexity index is 528. The number of nitrogens with zero attached hydrogens (tertiary/aromatic N) is 1. The zero-order valence-corrected chi connectivity index (χ0v) is 9.60. The monoisotopic (exact) mass is 257 g/mol. The van der Waals surface area contributed by atoms with Gasteiger partial charge in [0.1, 0.15) is 5.75 Å². The minimum atomic E-state index is -3.74. The SMILES string of the molecule is CS(=O)(=O)n1cccc1CS(=O)(=O)Cl. The van der Waals surface area contributed by atoms with E-state index in [0.717, 1.165) is 10.2 Å². The number of aromatic nitrogens is 1. The molecule has 0 amide bonds. The molecule has 0 fully saturated rings. The number of rotatable bonds is 3. The Hall–Kier alpha value is -0.530. The second-order valence-corrected chi connectivity index (χ2v) is 7.38. The molecular weight excluding hydrogens is 250 g/mol. The summed E-state index contributed by atoms with van der Waals surface area (Å²) in [6.07, 6.45) is 2.25. The van der Waals surface area contributed by atoms with Gasteiger partial charge in [-0.2, -0.15) is 0 Å². The molecule has 0 atom stereocenters. The summed E-state index contributed by atoms with van der Waals surface area (Å²) in [6.45, 7) is 0. The molecule has 0 aliphatic carbocycles. The van der Waals surface area contributed by atoms with Gasteiger partial charge in [0.05, 0.1) is 11.9 Å². The van der Waals surface area contributed by atoms with Crippen molar-refractivity contribution in [2.45, 2.75) is 5.75 Å². The van der Waals surface area contributed by atoms with Crippen molar-refractivity contribution >= 4 is 29.8 Å². The predicted octanol–water partition coefficient (Wildman–Crippen LogP) is 0.364. The smallest absolute Gasteiger partial charge is 0.238 e. The van der Waals surface area contributed by atoms with Crippen LogP contribution in [0.2, 0.25) is 0 Å². The van der Waals surface area contributed by atoms with Crippen molar-refractivity contribution in [3.05, 3.63) is 24.0 Å². The summed E-state index contributed by atoms with van der Waals surface area (Å²) in [5.41, 5.74) is 0.127. The molecular formula is C6H8ClNO4S2. The van der Waals surface area contributed by atoms with Crippen molar-refractivity contribution in [1.82, 2.24) is 3.97 Å². The van der Waals surface area contributed by atoms with Gasteiger partial charge in [-0.3, -0.25) is 0 Å². The van der Waals surface area contributed by atoms with E-state index in [9.17, 15) is 16.8 Å². The first-order chi connectivity index (χ1) is 6.20. The van der Waals surface area contributed by atoms with Crippen molar-refractivity contribution in [2.75, 3.05) is 6.26 Å². The van der Waals surface area contributed by atoms with Gasteiger partial charge in [0, 0.05) is 16.9 Å². The maximum atomic E-state index is 11.1. The Kier molecular flexibility index (Phi) is 2.93. The Morgan fingerprint density at radius 3 is 2.36 bits per heavy atom. The molecule has 0 aliphatic heterocycles. The Labute approximate surface area is 86.8 Å². The maximum absolute atomic E-state index is 11.1. The minimum Gasteiger partial charge on any atom is -0.249 e. The van der Waals surface area contributed by atoms with Crippen LogP contribution in [0.3, 0.4) is 0 Å². The van der Waals surface area contributed by atoms with Gasteiger partial charge in [-0.25, -0.2) is 20.8 Å². The fourth-order valence-electron chi connectivity index (χ4n) is 1.01. The highest BCUT2D eigenvalue weighted by molar-refractivity contribution is 8.13. The Morgan fingerprint density at radius 1 is 1.36 bits per heavy atom. The highest BCUT2D eigenvalue weighted by atomic mass is 35.7. The van der Waals surface area contributed by atoms with Gasteiger partial charge >= 0.3 is 0 Å². The van der Waals surface area contributed by atoms with Crippen molar-refractivity contribution in [1.29, 1.82) is 0 Å². The fraction of sp³-hybridized carbons (Fsp3) is 0.333. The maximum Gasteiger partial charge on any atom is 0.238 e. The van der Waals surface area contributed by atoms with Gasteiger partial charge in [-0.05, 0) is 12.1 Å². The molecule has 8 heteroatoms. The molecule has 0 N–H and O–H groups in total. The summed E-state index contributed by atoms with van der Waals surface area (Å²) in [4.78, 5) is 0. The Balaban J connectivity index is 3.20. The first-order valence-electron chi connectivity index (χ1n) is 3.49. The minimum absolute atomic E-state index is 0.127. The van der Waals surface area contributed by atoms with E-state index in [2.05, 4.69) is 0 Å². The standard InChI is InChI=1S/C6H8ClNO4S2/c1-13(9,10)8-4-2-3-6(8)5-14(7,11)12/h2-4H,5H2,1H3. The highest BCUT2D eigenvalue weighted by Gasteiger charge is 2.15. The van der Waals surface area contributed by atoms with E-state index >= 15 is 0 Å². The summed E-state index contributed by atoms with van der Waals surface area (Å²) in [5.74, 6) is -0.505. The first-order valence-corrected chi connectivity index (χ1v) is 7.82. The number of halogens is 1.